The summed E-state index contributed by atoms with van der Waals surface area (Å²) >= 11 is 0. The highest BCUT2D eigenvalue weighted by Crippen LogP contribution is 2.22. The van der Waals surface area contributed by atoms with E-state index in [0.717, 1.165) is 5.56 Å². The summed E-state index contributed by atoms with van der Waals surface area (Å²) in [6.45, 7) is -0.157. The average Bonchev–Trinajstić information content (AvgIpc) is 2.48. The van der Waals surface area contributed by atoms with Crippen LogP contribution in [0.1, 0.15) is 5.56 Å². The molecule has 0 amide bonds. The van der Waals surface area contributed by atoms with E-state index in [2.05, 4.69) is 0 Å². The van der Waals surface area contributed by atoms with E-state index in [0.29, 0.717) is 13.0 Å². The van der Waals surface area contributed by atoms with E-state index in [9.17, 15) is 15.3 Å². The van der Waals surface area contributed by atoms with Gasteiger partial charge in [-0.05, 0) is 12.0 Å². The van der Waals surface area contributed by atoms with E-state index >= 15 is 0 Å². The summed E-state index contributed by atoms with van der Waals surface area (Å²) in [4.78, 5) is 0. The van der Waals surface area contributed by atoms with Crippen LogP contribution in [0.3, 0.4) is 0 Å². The molecule has 6 nitrogen and oxygen atoms in total. The topological polar surface area (TPSA) is 99.4 Å². The van der Waals surface area contributed by atoms with Gasteiger partial charge in [-0.25, -0.2) is 0 Å². The molecule has 1 fully saturated rings. The second-order valence-electron chi connectivity index (χ2n) is 4.80. The van der Waals surface area contributed by atoms with Gasteiger partial charge < -0.3 is 29.9 Å². The maximum absolute atomic E-state index is 9.78. The Labute approximate surface area is 117 Å². The van der Waals surface area contributed by atoms with Crippen molar-refractivity contribution in [2.75, 3.05) is 13.2 Å². The van der Waals surface area contributed by atoms with Crippen LogP contribution in [-0.2, 0) is 15.9 Å². The van der Waals surface area contributed by atoms with Gasteiger partial charge in [-0.2, -0.15) is 0 Å². The van der Waals surface area contributed by atoms with Crippen LogP contribution in [0.25, 0.3) is 0 Å². The quantitative estimate of drug-likeness (QED) is 0.556. The molecule has 1 aromatic rings. The first kappa shape index (κ1) is 15.4. The number of hydrogen-bond donors (Lipinski definition) is 4. The molecule has 0 bridgehead atoms. The van der Waals surface area contributed by atoms with Crippen molar-refractivity contribution in [1.82, 2.24) is 0 Å². The summed E-state index contributed by atoms with van der Waals surface area (Å²) in [6, 6.07) is 9.67. The van der Waals surface area contributed by atoms with E-state index < -0.39 is 37.3 Å². The lowest BCUT2D eigenvalue weighted by Crippen LogP contribution is -2.59. The van der Waals surface area contributed by atoms with Crippen LogP contribution in [0, 0.1) is 0 Å². The van der Waals surface area contributed by atoms with Gasteiger partial charge >= 0.3 is 0 Å². The molecule has 1 aliphatic rings. The molecule has 0 spiro atoms. The molecule has 5 atom stereocenters. The lowest BCUT2D eigenvalue weighted by atomic mass is 9.99. The van der Waals surface area contributed by atoms with Crippen molar-refractivity contribution >= 4 is 0 Å². The van der Waals surface area contributed by atoms with Gasteiger partial charge in [0.1, 0.15) is 24.4 Å². The van der Waals surface area contributed by atoms with Crippen molar-refractivity contribution in [2.45, 2.75) is 37.1 Å². The fourth-order valence-corrected chi connectivity index (χ4v) is 2.14. The fourth-order valence-electron chi connectivity index (χ4n) is 2.14. The van der Waals surface area contributed by atoms with Crippen molar-refractivity contribution in [3.8, 4) is 0 Å². The number of hydrogen-bond acceptors (Lipinski definition) is 6. The van der Waals surface area contributed by atoms with E-state index in [1.54, 1.807) is 0 Å². The van der Waals surface area contributed by atoms with Crippen molar-refractivity contribution in [3.05, 3.63) is 35.9 Å². The molecule has 0 unspecified atom stereocenters. The molecular weight excluding hydrogens is 264 g/mol. The first-order chi connectivity index (χ1) is 9.63. The highest BCUT2D eigenvalue weighted by molar-refractivity contribution is 5.14. The highest BCUT2D eigenvalue weighted by Gasteiger charge is 2.43. The van der Waals surface area contributed by atoms with E-state index in [-0.39, 0.29) is 0 Å². The molecule has 1 heterocycles. The Morgan fingerprint density at radius 1 is 1.00 bits per heavy atom. The molecule has 0 radical (unpaired) electrons. The third-order valence-electron chi connectivity index (χ3n) is 3.36. The van der Waals surface area contributed by atoms with Gasteiger partial charge in [-0.15, -0.1) is 0 Å². The lowest BCUT2D eigenvalue weighted by molar-refractivity contribution is -0.300. The molecule has 0 saturated carbocycles. The van der Waals surface area contributed by atoms with Gasteiger partial charge in [-0.1, -0.05) is 30.3 Å². The van der Waals surface area contributed by atoms with Gasteiger partial charge in [-0.3, -0.25) is 0 Å². The lowest BCUT2D eigenvalue weighted by Gasteiger charge is -2.39. The van der Waals surface area contributed by atoms with E-state index in [1.165, 1.54) is 0 Å². The minimum atomic E-state index is -1.40. The van der Waals surface area contributed by atoms with E-state index in [1.807, 2.05) is 30.3 Å². The smallest absolute Gasteiger partial charge is 0.186 e. The normalized spacial score (nSPS) is 34.1. The molecule has 112 valence electrons. The molecule has 0 aliphatic carbocycles. The number of benzene rings is 1. The minimum absolute atomic E-state index is 0.298. The summed E-state index contributed by atoms with van der Waals surface area (Å²) in [6.07, 6.45) is -5.46. The Morgan fingerprint density at radius 3 is 2.35 bits per heavy atom. The maximum Gasteiger partial charge on any atom is 0.186 e. The summed E-state index contributed by atoms with van der Waals surface area (Å²) < 4.78 is 10.6. The third-order valence-corrected chi connectivity index (χ3v) is 3.36. The minimum Gasteiger partial charge on any atom is -0.394 e. The molecule has 1 aromatic carbocycles. The van der Waals surface area contributed by atoms with Crippen LogP contribution in [0.5, 0.6) is 0 Å². The molecule has 2 rings (SSSR count). The zero-order valence-electron chi connectivity index (χ0n) is 11.0. The third kappa shape index (κ3) is 3.54. The Morgan fingerprint density at radius 2 is 1.70 bits per heavy atom. The highest BCUT2D eigenvalue weighted by atomic mass is 16.7. The van der Waals surface area contributed by atoms with Crippen molar-refractivity contribution in [2.24, 2.45) is 0 Å². The van der Waals surface area contributed by atoms with Crippen molar-refractivity contribution < 1.29 is 29.9 Å². The largest absolute Gasteiger partial charge is 0.394 e. The zero-order valence-corrected chi connectivity index (χ0v) is 11.0. The van der Waals surface area contributed by atoms with Gasteiger partial charge in [0.05, 0.1) is 13.2 Å². The summed E-state index contributed by atoms with van der Waals surface area (Å²) in [7, 11) is 0. The number of aliphatic hydroxyl groups excluding tert-OH is 4. The zero-order chi connectivity index (χ0) is 14.5. The van der Waals surface area contributed by atoms with Crippen LogP contribution in [0.15, 0.2) is 30.3 Å². The molecule has 20 heavy (non-hydrogen) atoms. The Balaban J connectivity index is 1.85. The Kier molecular flexibility index (Phi) is 5.47. The standard InChI is InChI=1S/C14H20O6/c15-8-10-11(16)12(17)13(18)14(20-10)19-7-6-9-4-2-1-3-5-9/h1-5,10-18H,6-8H2/t10-,11+,12+,13-,14-/m1/s1. The predicted molar refractivity (Wildman–Crippen MR) is 69.9 cm³/mol. The molecule has 1 saturated heterocycles. The van der Waals surface area contributed by atoms with Gasteiger partial charge in [0.2, 0.25) is 0 Å². The van der Waals surface area contributed by atoms with Crippen molar-refractivity contribution in [3.63, 3.8) is 0 Å². The van der Waals surface area contributed by atoms with Crippen LogP contribution in [0.2, 0.25) is 0 Å². The van der Waals surface area contributed by atoms with E-state index in [4.69, 9.17) is 14.6 Å². The molecule has 4 N–H and O–H groups in total. The first-order valence-corrected chi connectivity index (χ1v) is 6.59. The van der Waals surface area contributed by atoms with Crippen LogP contribution in [-0.4, -0.2) is 64.3 Å². The van der Waals surface area contributed by atoms with Gasteiger partial charge in [0.15, 0.2) is 6.29 Å². The Bertz CT molecular complexity index is 396. The monoisotopic (exact) mass is 284 g/mol. The predicted octanol–water partition coefficient (Wildman–Crippen LogP) is -0.954. The molecule has 1 aliphatic heterocycles. The molecule has 6 heteroatoms. The maximum atomic E-state index is 9.78. The number of aliphatic hydroxyl groups is 4. The second kappa shape index (κ2) is 7.12. The summed E-state index contributed by atoms with van der Waals surface area (Å²) in [5.74, 6) is 0. The van der Waals surface area contributed by atoms with Crippen LogP contribution >= 0.6 is 0 Å². The number of rotatable bonds is 5. The Hall–Kier alpha value is -1.02. The second-order valence-corrected chi connectivity index (χ2v) is 4.80. The fraction of sp³-hybridized carbons (Fsp3) is 0.571. The first-order valence-electron chi connectivity index (χ1n) is 6.59. The summed E-state index contributed by atoms with van der Waals surface area (Å²) in [5, 5.41) is 38.1. The summed E-state index contributed by atoms with van der Waals surface area (Å²) in [5.41, 5.74) is 1.08. The van der Waals surface area contributed by atoms with Crippen molar-refractivity contribution in [1.29, 1.82) is 0 Å². The average molecular weight is 284 g/mol. The van der Waals surface area contributed by atoms with Gasteiger partial charge in [0, 0.05) is 0 Å². The van der Waals surface area contributed by atoms with Gasteiger partial charge in [0.25, 0.3) is 0 Å². The molecular formula is C14H20O6. The molecule has 0 aromatic heterocycles. The SMILES string of the molecule is OC[C@H]1O[C@@H](OCCc2ccccc2)[C@H](O)[C@@H](O)[C@H]1O. The van der Waals surface area contributed by atoms with Crippen LogP contribution in [0.4, 0.5) is 0 Å². The van der Waals surface area contributed by atoms with Crippen LogP contribution < -0.4 is 0 Å². The number of ether oxygens (including phenoxy) is 2.